The van der Waals surface area contributed by atoms with Gasteiger partial charge in [-0.25, -0.2) is 0 Å². The minimum absolute atomic E-state index is 0.0202. The average Bonchev–Trinajstić information content (AvgIpc) is 2.96. The van der Waals surface area contributed by atoms with Gasteiger partial charge in [0, 0.05) is 24.6 Å². The van der Waals surface area contributed by atoms with Gasteiger partial charge >= 0.3 is 0 Å². The van der Waals surface area contributed by atoms with Crippen molar-refractivity contribution in [3.8, 4) is 0 Å². The van der Waals surface area contributed by atoms with Crippen LogP contribution in [0, 0.1) is 13.8 Å². The van der Waals surface area contributed by atoms with E-state index in [1.54, 1.807) is 13.4 Å². The smallest absolute Gasteiger partial charge is 0.224 e. The third-order valence-electron chi connectivity index (χ3n) is 4.52. The maximum Gasteiger partial charge on any atom is 0.224 e. The van der Waals surface area contributed by atoms with E-state index in [0.29, 0.717) is 19.6 Å². The van der Waals surface area contributed by atoms with E-state index >= 15 is 0 Å². The summed E-state index contributed by atoms with van der Waals surface area (Å²) < 4.78 is 10.8. The number of ether oxygens (including phenoxy) is 1. The van der Waals surface area contributed by atoms with E-state index in [2.05, 4.69) is 25.2 Å². The Morgan fingerprint density at radius 1 is 1.08 bits per heavy atom. The van der Waals surface area contributed by atoms with E-state index < -0.39 is 0 Å². The van der Waals surface area contributed by atoms with Crippen molar-refractivity contribution in [2.24, 2.45) is 0 Å². The molecule has 2 aromatic carbocycles. The summed E-state index contributed by atoms with van der Waals surface area (Å²) in [6.45, 7) is 5.16. The van der Waals surface area contributed by atoms with Gasteiger partial charge in [0.1, 0.15) is 5.58 Å². The van der Waals surface area contributed by atoms with Gasteiger partial charge in [-0.05, 0) is 48.2 Å². The highest BCUT2D eigenvalue weighted by Crippen LogP contribution is 2.25. The number of fused-ring (bicyclic) bond motifs is 1. The number of hydrogen-bond acceptors (Lipinski definition) is 3. The molecule has 4 nitrogen and oxygen atoms in total. The van der Waals surface area contributed by atoms with Gasteiger partial charge in [0.05, 0.1) is 19.3 Å². The van der Waals surface area contributed by atoms with Crippen LogP contribution in [0.5, 0.6) is 0 Å². The van der Waals surface area contributed by atoms with E-state index in [1.807, 2.05) is 30.3 Å². The molecule has 1 amide bonds. The summed E-state index contributed by atoms with van der Waals surface area (Å²) in [6, 6.07) is 12.1. The molecule has 25 heavy (non-hydrogen) atoms. The highest BCUT2D eigenvalue weighted by molar-refractivity contribution is 5.88. The summed E-state index contributed by atoms with van der Waals surface area (Å²) in [6.07, 6.45) is 1.99. The summed E-state index contributed by atoms with van der Waals surface area (Å²) in [7, 11) is 1.67. The van der Waals surface area contributed by atoms with Crippen LogP contribution in [0.15, 0.2) is 47.1 Å². The quantitative estimate of drug-likeness (QED) is 0.738. The lowest BCUT2D eigenvalue weighted by Crippen LogP contribution is -2.25. The Balaban J connectivity index is 1.68. The van der Waals surface area contributed by atoms with Gasteiger partial charge in [0.15, 0.2) is 0 Å². The van der Waals surface area contributed by atoms with Crippen LogP contribution in [-0.2, 0) is 29.1 Å². The van der Waals surface area contributed by atoms with E-state index in [-0.39, 0.29) is 5.91 Å². The molecule has 0 aliphatic heterocycles. The summed E-state index contributed by atoms with van der Waals surface area (Å²) in [4.78, 5) is 12.4. The molecule has 3 rings (SSSR count). The minimum Gasteiger partial charge on any atom is -0.464 e. The number of rotatable bonds is 6. The van der Waals surface area contributed by atoms with Gasteiger partial charge in [0.25, 0.3) is 0 Å². The van der Waals surface area contributed by atoms with Crippen molar-refractivity contribution in [1.82, 2.24) is 5.32 Å². The Morgan fingerprint density at radius 2 is 1.80 bits per heavy atom. The highest BCUT2D eigenvalue weighted by Gasteiger charge is 2.12. The van der Waals surface area contributed by atoms with Gasteiger partial charge < -0.3 is 14.5 Å². The van der Waals surface area contributed by atoms with Crippen LogP contribution in [0.2, 0.25) is 0 Å². The molecule has 3 aromatic rings. The Morgan fingerprint density at radius 3 is 2.56 bits per heavy atom. The predicted octanol–water partition coefficient (Wildman–Crippen LogP) is 4.05. The fourth-order valence-corrected chi connectivity index (χ4v) is 2.93. The lowest BCUT2D eigenvalue weighted by molar-refractivity contribution is -0.120. The van der Waals surface area contributed by atoms with Crippen LogP contribution in [0.1, 0.15) is 27.8 Å². The largest absolute Gasteiger partial charge is 0.464 e. The molecule has 0 saturated heterocycles. The highest BCUT2D eigenvalue weighted by atomic mass is 16.5. The number of amides is 1. The van der Waals surface area contributed by atoms with Crippen molar-refractivity contribution in [2.75, 3.05) is 7.11 Å². The van der Waals surface area contributed by atoms with Crippen molar-refractivity contribution < 1.29 is 13.9 Å². The number of benzene rings is 2. The van der Waals surface area contributed by atoms with Gasteiger partial charge in [-0.15, -0.1) is 0 Å². The Labute approximate surface area is 147 Å². The second-order valence-corrected chi connectivity index (χ2v) is 6.35. The number of aryl methyl sites for hydroxylation is 2. The molecule has 0 unspecified atom stereocenters. The minimum atomic E-state index is -0.0202. The maximum atomic E-state index is 12.4. The number of carbonyl (C=O) groups excluding carboxylic acids is 1. The second kappa shape index (κ2) is 7.53. The van der Waals surface area contributed by atoms with Gasteiger partial charge in [-0.1, -0.05) is 24.3 Å². The summed E-state index contributed by atoms with van der Waals surface area (Å²) in [5.41, 5.74) is 6.29. The zero-order valence-corrected chi connectivity index (χ0v) is 14.9. The van der Waals surface area contributed by atoms with E-state index in [0.717, 1.165) is 27.7 Å². The number of methoxy groups -OCH3 is 1. The zero-order chi connectivity index (χ0) is 17.8. The lowest BCUT2D eigenvalue weighted by atomic mass is 10.0. The van der Waals surface area contributed by atoms with Gasteiger partial charge in [-0.2, -0.15) is 0 Å². The van der Waals surface area contributed by atoms with Crippen molar-refractivity contribution in [3.63, 3.8) is 0 Å². The molecule has 0 fully saturated rings. The third kappa shape index (κ3) is 3.91. The van der Waals surface area contributed by atoms with Crippen LogP contribution >= 0.6 is 0 Å². The van der Waals surface area contributed by atoms with E-state index in [4.69, 9.17) is 9.15 Å². The number of furan rings is 1. The Kier molecular flexibility index (Phi) is 5.19. The number of carbonyl (C=O) groups is 1. The summed E-state index contributed by atoms with van der Waals surface area (Å²) >= 11 is 0. The molecule has 0 bridgehead atoms. The van der Waals surface area contributed by atoms with Crippen LogP contribution in [0.3, 0.4) is 0 Å². The molecular weight excluding hydrogens is 314 g/mol. The molecule has 1 aromatic heterocycles. The van der Waals surface area contributed by atoms with Crippen LogP contribution in [0.25, 0.3) is 11.0 Å². The van der Waals surface area contributed by atoms with Crippen molar-refractivity contribution >= 4 is 16.9 Å². The number of hydrogen-bond donors (Lipinski definition) is 1. The maximum absolute atomic E-state index is 12.4. The predicted molar refractivity (Wildman–Crippen MR) is 98.4 cm³/mol. The first-order valence-electron chi connectivity index (χ1n) is 8.38. The summed E-state index contributed by atoms with van der Waals surface area (Å²) in [5, 5.41) is 4.00. The number of nitrogens with one attached hydrogen (secondary N) is 1. The van der Waals surface area contributed by atoms with E-state index in [1.165, 1.54) is 11.1 Å². The van der Waals surface area contributed by atoms with Crippen molar-refractivity contribution in [1.29, 1.82) is 0 Å². The molecular formula is C21H23NO3. The standard InChI is InChI=1S/C21H23NO3/c1-14-8-19-18(13-25-20(19)9-15(14)2)10-21(23)22-11-16-6-4-5-7-17(16)12-24-3/h4-9,13H,10-12H2,1-3H3,(H,22,23). The monoisotopic (exact) mass is 337 g/mol. The molecule has 0 atom stereocenters. The molecule has 1 heterocycles. The first-order chi connectivity index (χ1) is 12.1. The molecule has 130 valence electrons. The fourth-order valence-electron chi connectivity index (χ4n) is 2.93. The van der Waals surface area contributed by atoms with Crippen molar-refractivity contribution in [3.05, 3.63) is 70.5 Å². The molecule has 0 aliphatic carbocycles. The molecule has 4 heteroatoms. The first kappa shape index (κ1) is 17.2. The average molecular weight is 337 g/mol. The first-order valence-corrected chi connectivity index (χ1v) is 8.38. The Bertz CT molecular complexity index is 895. The second-order valence-electron chi connectivity index (χ2n) is 6.35. The molecule has 0 aliphatic rings. The van der Waals surface area contributed by atoms with Crippen LogP contribution in [-0.4, -0.2) is 13.0 Å². The fraction of sp³-hybridized carbons (Fsp3) is 0.286. The van der Waals surface area contributed by atoms with E-state index in [9.17, 15) is 4.79 Å². The Hall–Kier alpha value is -2.59. The summed E-state index contributed by atoms with van der Waals surface area (Å²) in [5.74, 6) is -0.0202. The molecule has 0 radical (unpaired) electrons. The molecule has 0 spiro atoms. The molecule has 1 N–H and O–H groups in total. The molecule has 0 saturated carbocycles. The van der Waals surface area contributed by atoms with Gasteiger partial charge in [-0.3, -0.25) is 4.79 Å². The van der Waals surface area contributed by atoms with Gasteiger partial charge in [0.2, 0.25) is 5.91 Å². The normalized spacial score (nSPS) is 11.0. The van der Waals surface area contributed by atoms with Crippen LogP contribution < -0.4 is 5.32 Å². The topological polar surface area (TPSA) is 51.5 Å². The third-order valence-corrected chi connectivity index (χ3v) is 4.52. The zero-order valence-electron chi connectivity index (χ0n) is 14.9. The SMILES string of the molecule is COCc1ccccc1CNC(=O)Cc1coc2cc(C)c(C)cc12. The lowest BCUT2D eigenvalue weighted by Gasteiger charge is -2.10. The van der Waals surface area contributed by atoms with Crippen LogP contribution in [0.4, 0.5) is 0 Å². The van der Waals surface area contributed by atoms with Crippen molar-refractivity contribution in [2.45, 2.75) is 33.4 Å².